The Morgan fingerprint density at radius 1 is 1.42 bits per heavy atom. The SMILES string of the molecule is CCC1(C)CCOC(c2cc(F)c(Cl)cc2Cl)CN1. The standard InChI is InChI=1S/C14H18Cl2FNO/c1-3-14(2)4-5-19-13(8-18-14)9-6-12(17)11(16)7-10(9)15/h6-7,13,18H,3-5,8H2,1-2H3. The molecule has 1 aliphatic rings. The number of rotatable bonds is 2. The molecule has 1 aromatic rings. The van der Waals surface area contributed by atoms with E-state index >= 15 is 0 Å². The van der Waals surface area contributed by atoms with Gasteiger partial charge in [-0.25, -0.2) is 4.39 Å². The molecule has 2 rings (SSSR count). The Morgan fingerprint density at radius 2 is 2.16 bits per heavy atom. The van der Waals surface area contributed by atoms with Crippen LogP contribution in [0.25, 0.3) is 0 Å². The van der Waals surface area contributed by atoms with Crippen molar-refractivity contribution in [1.82, 2.24) is 5.32 Å². The fourth-order valence-corrected chi connectivity index (χ4v) is 2.70. The molecule has 19 heavy (non-hydrogen) atoms. The van der Waals surface area contributed by atoms with Gasteiger partial charge in [0, 0.05) is 29.3 Å². The summed E-state index contributed by atoms with van der Waals surface area (Å²) < 4.78 is 19.4. The second-order valence-electron chi connectivity index (χ2n) is 5.19. The van der Waals surface area contributed by atoms with Crippen molar-refractivity contribution in [2.24, 2.45) is 0 Å². The van der Waals surface area contributed by atoms with Crippen LogP contribution in [0.5, 0.6) is 0 Å². The quantitative estimate of drug-likeness (QED) is 0.820. The van der Waals surface area contributed by atoms with Crippen molar-refractivity contribution >= 4 is 23.2 Å². The van der Waals surface area contributed by atoms with Crippen LogP contribution in [-0.4, -0.2) is 18.7 Å². The molecule has 1 aliphatic heterocycles. The second-order valence-corrected chi connectivity index (χ2v) is 6.01. The predicted octanol–water partition coefficient (Wildman–Crippen LogP) is 4.35. The molecular weight excluding hydrogens is 288 g/mol. The molecule has 0 amide bonds. The predicted molar refractivity (Wildman–Crippen MR) is 76.4 cm³/mol. The van der Waals surface area contributed by atoms with Gasteiger partial charge in [0.1, 0.15) is 5.82 Å². The second kappa shape index (κ2) is 5.96. The monoisotopic (exact) mass is 305 g/mol. The maximum absolute atomic E-state index is 13.6. The van der Waals surface area contributed by atoms with Crippen LogP contribution in [0.2, 0.25) is 10.0 Å². The summed E-state index contributed by atoms with van der Waals surface area (Å²) in [5.41, 5.74) is 0.711. The van der Waals surface area contributed by atoms with E-state index in [-0.39, 0.29) is 16.7 Å². The molecular formula is C14H18Cl2FNO. The average molecular weight is 306 g/mol. The molecule has 1 aromatic carbocycles. The molecule has 2 atom stereocenters. The molecule has 0 spiro atoms. The van der Waals surface area contributed by atoms with Crippen molar-refractivity contribution in [3.8, 4) is 0 Å². The van der Waals surface area contributed by atoms with Gasteiger partial charge in [-0.15, -0.1) is 0 Å². The van der Waals surface area contributed by atoms with Gasteiger partial charge in [-0.1, -0.05) is 30.1 Å². The van der Waals surface area contributed by atoms with E-state index in [9.17, 15) is 4.39 Å². The summed E-state index contributed by atoms with van der Waals surface area (Å²) in [6.07, 6.45) is 1.70. The van der Waals surface area contributed by atoms with Gasteiger partial charge in [-0.2, -0.15) is 0 Å². The van der Waals surface area contributed by atoms with Crippen LogP contribution in [0.4, 0.5) is 4.39 Å². The zero-order valence-electron chi connectivity index (χ0n) is 11.1. The molecule has 1 heterocycles. The maximum atomic E-state index is 13.6. The van der Waals surface area contributed by atoms with Crippen molar-refractivity contribution in [3.63, 3.8) is 0 Å². The Morgan fingerprint density at radius 3 is 2.84 bits per heavy atom. The van der Waals surface area contributed by atoms with Gasteiger partial charge in [0.15, 0.2) is 0 Å². The minimum Gasteiger partial charge on any atom is -0.372 e. The molecule has 1 saturated heterocycles. The molecule has 0 bridgehead atoms. The van der Waals surface area contributed by atoms with Crippen molar-refractivity contribution in [2.75, 3.05) is 13.2 Å². The summed E-state index contributed by atoms with van der Waals surface area (Å²) in [5, 5.41) is 3.96. The first-order valence-corrected chi connectivity index (χ1v) is 7.22. The van der Waals surface area contributed by atoms with Gasteiger partial charge in [-0.05, 0) is 31.9 Å². The Hall–Kier alpha value is -0.350. The van der Waals surface area contributed by atoms with E-state index in [1.807, 2.05) is 0 Å². The lowest BCUT2D eigenvalue weighted by Gasteiger charge is -2.27. The Bertz CT molecular complexity index is 469. The third kappa shape index (κ3) is 3.40. The topological polar surface area (TPSA) is 21.3 Å². The summed E-state index contributed by atoms with van der Waals surface area (Å²) in [5.74, 6) is -0.466. The fraction of sp³-hybridized carbons (Fsp3) is 0.571. The van der Waals surface area contributed by atoms with E-state index in [4.69, 9.17) is 27.9 Å². The van der Waals surface area contributed by atoms with E-state index in [0.29, 0.717) is 23.7 Å². The number of hydrogen-bond acceptors (Lipinski definition) is 2. The molecule has 1 fully saturated rings. The lowest BCUT2D eigenvalue weighted by Crippen LogP contribution is -2.42. The van der Waals surface area contributed by atoms with Crippen LogP contribution in [0.1, 0.15) is 38.4 Å². The summed E-state index contributed by atoms with van der Waals surface area (Å²) in [4.78, 5) is 0. The molecule has 0 saturated carbocycles. The Labute approximate surface area is 123 Å². The first kappa shape index (κ1) is 15.0. The van der Waals surface area contributed by atoms with Crippen LogP contribution >= 0.6 is 23.2 Å². The largest absolute Gasteiger partial charge is 0.372 e. The van der Waals surface area contributed by atoms with Crippen LogP contribution in [0.3, 0.4) is 0 Å². The van der Waals surface area contributed by atoms with Gasteiger partial charge >= 0.3 is 0 Å². The van der Waals surface area contributed by atoms with Crippen molar-refractivity contribution < 1.29 is 9.13 Å². The highest BCUT2D eigenvalue weighted by Gasteiger charge is 2.28. The van der Waals surface area contributed by atoms with E-state index in [0.717, 1.165) is 12.8 Å². The minimum absolute atomic E-state index is 0.0359. The van der Waals surface area contributed by atoms with E-state index in [1.54, 1.807) is 0 Å². The molecule has 106 valence electrons. The summed E-state index contributed by atoms with van der Waals surface area (Å²) in [7, 11) is 0. The molecule has 0 aliphatic carbocycles. The van der Waals surface area contributed by atoms with Gasteiger partial charge in [-0.3, -0.25) is 0 Å². The van der Waals surface area contributed by atoms with Gasteiger partial charge in [0.25, 0.3) is 0 Å². The lowest BCUT2D eigenvalue weighted by atomic mass is 9.95. The molecule has 0 aromatic heterocycles. The molecule has 2 nitrogen and oxygen atoms in total. The molecule has 0 radical (unpaired) electrons. The smallest absolute Gasteiger partial charge is 0.142 e. The van der Waals surface area contributed by atoms with Crippen LogP contribution in [0, 0.1) is 5.82 Å². The van der Waals surface area contributed by atoms with Crippen molar-refractivity contribution in [1.29, 1.82) is 0 Å². The van der Waals surface area contributed by atoms with Gasteiger partial charge < -0.3 is 10.1 Å². The fourth-order valence-electron chi connectivity index (χ4n) is 2.20. The van der Waals surface area contributed by atoms with E-state index < -0.39 is 5.82 Å². The first-order valence-electron chi connectivity index (χ1n) is 6.46. The third-order valence-electron chi connectivity index (χ3n) is 3.85. The van der Waals surface area contributed by atoms with Crippen LogP contribution in [-0.2, 0) is 4.74 Å². The van der Waals surface area contributed by atoms with Gasteiger partial charge in [0.05, 0.1) is 11.1 Å². The zero-order valence-corrected chi connectivity index (χ0v) is 12.6. The first-order chi connectivity index (χ1) is 8.95. The average Bonchev–Trinajstić information content (AvgIpc) is 2.57. The highest BCUT2D eigenvalue weighted by Crippen LogP contribution is 2.32. The van der Waals surface area contributed by atoms with Crippen LogP contribution in [0.15, 0.2) is 12.1 Å². The van der Waals surface area contributed by atoms with E-state index in [2.05, 4.69) is 19.2 Å². The molecule has 1 N–H and O–H groups in total. The zero-order chi connectivity index (χ0) is 14.0. The van der Waals surface area contributed by atoms with Crippen molar-refractivity contribution in [2.45, 2.75) is 38.3 Å². The Kier molecular flexibility index (Phi) is 4.72. The van der Waals surface area contributed by atoms with E-state index in [1.165, 1.54) is 12.1 Å². The number of benzene rings is 1. The normalized spacial score (nSPS) is 28.2. The lowest BCUT2D eigenvalue weighted by molar-refractivity contribution is 0.0652. The van der Waals surface area contributed by atoms with Crippen LogP contribution < -0.4 is 5.32 Å². The van der Waals surface area contributed by atoms with Gasteiger partial charge in [0.2, 0.25) is 0 Å². The summed E-state index contributed by atoms with van der Waals surface area (Å²) >= 11 is 11.8. The number of hydrogen-bond donors (Lipinski definition) is 1. The molecule has 2 unspecified atom stereocenters. The minimum atomic E-state index is -0.466. The number of nitrogens with one attached hydrogen (secondary N) is 1. The summed E-state index contributed by atoms with van der Waals surface area (Å²) in [6, 6.07) is 2.80. The summed E-state index contributed by atoms with van der Waals surface area (Å²) in [6.45, 7) is 5.55. The van der Waals surface area contributed by atoms with Crippen molar-refractivity contribution in [3.05, 3.63) is 33.6 Å². The highest BCUT2D eigenvalue weighted by atomic mass is 35.5. The number of ether oxygens (including phenoxy) is 1. The number of halogens is 3. The maximum Gasteiger partial charge on any atom is 0.142 e. The molecule has 5 heteroatoms. The third-order valence-corrected chi connectivity index (χ3v) is 4.47. The highest BCUT2D eigenvalue weighted by molar-refractivity contribution is 6.35. The Balaban J connectivity index is 2.21.